The van der Waals surface area contributed by atoms with Crippen LogP contribution in [-0.4, -0.2) is 21.8 Å². The van der Waals surface area contributed by atoms with Gasteiger partial charge in [0.25, 0.3) is 0 Å². The molecule has 0 bridgehead atoms. The van der Waals surface area contributed by atoms with Crippen LogP contribution in [0, 0.1) is 20.8 Å². The van der Waals surface area contributed by atoms with Gasteiger partial charge >= 0.3 is 0 Å². The highest BCUT2D eigenvalue weighted by Crippen LogP contribution is 2.19. The van der Waals surface area contributed by atoms with Gasteiger partial charge in [0, 0.05) is 25.0 Å². The Kier molecular flexibility index (Phi) is 2.64. The van der Waals surface area contributed by atoms with Crippen molar-refractivity contribution in [3.63, 3.8) is 0 Å². The molecular formula is C12H16N4. The van der Waals surface area contributed by atoms with Crippen LogP contribution in [-0.2, 0) is 0 Å². The first-order valence-electron chi connectivity index (χ1n) is 5.30. The predicted molar refractivity (Wildman–Crippen MR) is 65.1 cm³/mol. The molecule has 0 unspecified atom stereocenters. The summed E-state index contributed by atoms with van der Waals surface area (Å²) in [7, 11) is 1.87. The van der Waals surface area contributed by atoms with E-state index in [-0.39, 0.29) is 0 Å². The lowest BCUT2D eigenvalue weighted by molar-refractivity contribution is 0.853. The molecule has 4 heteroatoms. The third-order valence-electron chi connectivity index (χ3n) is 2.80. The van der Waals surface area contributed by atoms with Crippen LogP contribution in [0.1, 0.15) is 16.8 Å². The number of pyridine rings is 1. The van der Waals surface area contributed by atoms with Crippen molar-refractivity contribution < 1.29 is 0 Å². The van der Waals surface area contributed by atoms with Crippen molar-refractivity contribution in [1.82, 2.24) is 14.8 Å². The maximum absolute atomic E-state index is 4.48. The zero-order valence-corrected chi connectivity index (χ0v) is 10.1. The van der Waals surface area contributed by atoms with Gasteiger partial charge in [0.15, 0.2) is 0 Å². The van der Waals surface area contributed by atoms with Gasteiger partial charge in [0.05, 0.1) is 11.4 Å². The molecule has 4 nitrogen and oxygen atoms in total. The highest BCUT2D eigenvalue weighted by atomic mass is 15.3. The molecule has 2 heterocycles. The minimum absolute atomic E-state index is 0.892. The van der Waals surface area contributed by atoms with Crippen molar-refractivity contribution in [2.45, 2.75) is 20.8 Å². The molecule has 0 aliphatic heterocycles. The smallest absolute Gasteiger partial charge is 0.130 e. The quantitative estimate of drug-likeness (QED) is 0.837. The topological polar surface area (TPSA) is 42.7 Å². The van der Waals surface area contributed by atoms with Crippen LogP contribution in [0.4, 0.5) is 5.82 Å². The molecule has 0 saturated carbocycles. The molecule has 0 radical (unpaired) electrons. The zero-order chi connectivity index (χ0) is 11.7. The highest BCUT2D eigenvalue weighted by Gasteiger charge is 2.08. The van der Waals surface area contributed by atoms with Gasteiger partial charge in [-0.25, -0.2) is 9.67 Å². The number of rotatable bonds is 2. The fourth-order valence-electron chi connectivity index (χ4n) is 1.70. The molecular weight excluding hydrogens is 200 g/mol. The molecule has 0 fully saturated rings. The van der Waals surface area contributed by atoms with Gasteiger partial charge in [0.1, 0.15) is 5.82 Å². The van der Waals surface area contributed by atoms with Gasteiger partial charge < -0.3 is 5.32 Å². The summed E-state index contributed by atoms with van der Waals surface area (Å²) in [4.78, 5) is 4.26. The Morgan fingerprint density at radius 3 is 2.56 bits per heavy atom. The summed E-state index contributed by atoms with van der Waals surface area (Å²) in [5.41, 5.74) is 4.42. The van der Waals surface area contributed by atoms with E-state index >= 15 is 0 Å². The minimum atomic E-state index is 0.892. The summed E-state index contributed by atoms with van der Waals surface area (Å²) in [5, 5.41) is 7.55. The van der Waals surface area contributed by atoms with Crippen LogP contribution < -0.4 is 5.32 Å². The average molecular weight is 216 g/mol. The van der Waals surface area contributed by atoms with Gasteiger partial charge in [-0.05, 0) is 32.4 Å². The summed E-state index contributed by atoms with van der Waals surface area (Å²) in [6, 6.07) is 1.97. The van der Waals surface area contributed by atoms with Crippen molar-refractivity contribution in [2.24, 2.45) is 0 Å². The Hall–Kier alpha value is -1.84. The second kappa shape index (κ2) is 3.96. The molecule has 0 atom stereocenters. The molecule has 2 aromatic heterocycles. The molecule has 0 aromatic carbocycles. The van der Waals surface area contributed by atoms with E-state index in [0.717, 1.165) is 22.8 Å². The Balaban J connectivity index is 2.55. The van der Waals surface area contributed by atoms with E-state index in [1.807, 2.05) is 37.8 Å². The normalized spacial score (nSPS) is 10.5. The van der Waals surface area contributed by atoms with Crippen molar-refractivity contribution in [2.75, 3.05) is 12.4 Å². The van der Waals surface area contributed by atoms with Gasteiger partial charge in [-0.15, -0.1) is 0 Å². The molecule has 84 valence electrons. The van der Waals surface area contributed by atoms with Crippen LogP contribution in [0.2, 0.25) is 0 Å². The minimum Gasteiger partial charge on any atom is -0.373 e. The summed E-state index contributed by atoms with van der Waals surface area (Å²) in [6.07, 6.45) is 3.83. The molecule has 2 aromatic rings. The van der Waals surface area contributed by atoms with Crippen LogP contribution in [0.3, 0.4) is 0 Å². The Labute approximate surface area is 95.3 Å². The third-order valence-corrected chi connectivity index (χ3v) is 2.80. The van der Waals surface area contributed by atoms with Crippen molar-refractivity contribution >= 4 is 5.82 Å². The summed E-state index contributed by atoms with van der Waals surface area (Å²) < 4.78 is 1.91. The summed E-state index contributed by atoms with van der Waals surface area (Å²) >= 11 is 0. The number of aryl methyl sites for hydroxylation is 2. The molecule has 0 saturated heterocycles. The van der Waals surface area contributed by atoms with Crippen molar-refractivity contribution in [3.05, 3.63) is 35.3 Å². The van der Waals surface area contributed by atoms with E-state index in [2.05, 4.69) is 22.3 Å². The van der Waals surface area contributed by atoms with Gasteiger partial charge in [0.2, 0.25) is 0 Å². The fourth-order valence-corrected chi connectivity index (χ4v) is 1.70. The molecule has 1 N–H and O–H groups in total. The van der Waals surface area contributed by atoms with E-state index in [4.69, 9.17) is 0 Å². The fraction of sp³-hybridized carbons (Fsp3) is 0.333. The SMILES string of the molecule is CNc1nccc(-n2cc(C)c(C)n2)c1C. The highest BCUT2D eigenvalue weighted by molar-refractivity contribution is 5.53. The Morgan fingerprint density at radius 1 is 1.25 bits per heavy atom. The number of nitrogens with zero attached hydrogens (tertiary/aromatic N) is 3. The number of nitrogens with one attached hydrogen (secondary N) is 1. The molecule has 16 heavy (non-hydrogen) atoms. The standard InChI is InChI=1S/C12H16N4/c1-8-7-16(15-10(8)3)11-5-6-14-12(13-4)9(11)2/h5-7H,1-4H3,(H,13,14). The van der Waals surface area contributed by atoms with Crippen LogP contribution in [0.5, 0.6) is 0 Å². The van der Waals surface area contributed by atoms with E-state index in [1.165, 1.54) is 5.56 Å². The molecule has 0 amide bonds. The number of aromatic nitrogens is 3. The number of hydrogen-bond acceptors (Lipinski definition) is 3. The Morgan fingerprint density at radius 2 is 2.00 bits per heavy atom. The molecule has 2 rings (SSSR count). The lowest BCUT2D eigenvalue weighted by Gasteiger charge is -2.09. The maximum atomic E-state index is 4.48. The molecule has 0 aliphatic rings. The number of anilines is 1. The second-order valence-electron chi connectivity index (χ2n) is 3.90. The van der Waals surface area contributed by atoms with Gasteiger partial charge in [-0.2, -0.15) is 5.10 Å². The predicted octanol–water partition coefficient (Wildman–Crippen LogP) is 2.23. The number of hydrogen-bond donors (Lipinski definition) is 1. The lowest BCUT2D eigenvalue weighted by atomic mass is 10.2. The van der Waals surface area contributed by atoms with E-state index in [1.54, 1.807) is 6.20 Å². The largest absolute Gasteiger partial charge is 0.373 e. The zero-order valence-electron chi connectivity index (χ0n) is 10.1. The third kappa shape index (κ3) is 1.66. The van der Waals surface area contributed by atoms with Crippen LogP contribution in [0.25, 0.3) is 5.69 Å². The summed E-state index contributed by atoms with van der Waals surface area (Å²) in [5.74, 6) is 0.892. The first kappa shape index (κ1) is 10.7. The van der Waals surface area contributed by atoms with Crippen molar-refractivity contribution in [3.8, 4) is 5.69 Å². The second-order valence-corrected chi connectivity index (χ2v) is 3.90. The monoisotopic (exact) mass is 216 g/mol. The maximum Gasteiger partial charge on any atom is 0.130 e. The molecule has 0 aliphatic carbocycles. The first-order valence-corrected chi connectivity index (χ1v) is 5.30. The lowest BCUT2D eigenvalue weighted by Crippen LogP contribution is -2.03. The van der Waals surface area contributed by atoms with Crippen molar-refractivity contribution in [1.29, 1.82) is 0 Å². The van der Waals surface area contributed by atoms with Crippen LogP contribution >= 0.6 is 0 Å². The van der Waals surface area contributed by atoms with E-state index in [9.17, 15) is 0 Å². The van der Waals surface area contributed by atoms with E-state index in [0.29, 0.717) is 0 Å². The summed E-state index contributed by atoms with van der Waals surface area (Å²) in [6.45, 7) is 6.12. The van der Waals surface area contributed by atoms with Crippen LogP contribution in [0.15, 0.2) is 18.5 Å². The van der Waals surface area contributed by atoms with Gasteiger partial charge in [-0.1, -0.05) is 0 Å². The average Bonchev–Trinajstić information content (AvgIpc) is 2.59. The van der Waals surface area contributed by atoms with Gasteiger partial charge in [-0.3, -0.25) is 0 Å². The Bertz CT molecular complexity index is 494. The molecule has 0 spiro atoms. The van der Waals surface area contributed by atoms with E-state index < -0.39 is 0 Å². The first-order chi connectivity index (χ1) is 7.63.